The van der Waals surface area contributed by atoms with Crippen LogP contribution in [0.4, 0.5) is 5.00 Å². The first kappa shape index (κ1) is 14.4. The molecule has 1 N–H and O–H groups in total. The molecule has 22 heavy (non-hydrogen) atoms. The Hall–Kier alpha value is -2.54. The third-order valence-electron chi connectivity index (χ3n) is 3.51. The predicted molar refractivity (Wildman–Crippen MR) is 84.0 cm³/mol. The van der Waals surface area contributed by atoms with Gasteiger partial charge in [-0.25, -0.2) is 5.43 Å². The zero-order chi connectivity index (χ0) is 15.5. The SMILES string of the molecule is O=C(N/N=C\c1ccc([N+](=O)[O-])s1)[C@H]1C[C@@H]1c1ccccc1. The molecule has 2 aromatic rings. The van der Waals surface area contributed by atoms with Crippen molar-refractivity contribution >= 4 is 28.5 Å². The number of benzene rings is 1. The van der Waals surface area contributed by atoms with Gasteiger partial charge in [0.15, 0.2) is 0 Å². The summed E-state index contributed by atoms with van der Waals surface area (Å²) >= 11 is 1.01. The van der Waals surface area contributed by atoms with E-state index < -0.39 is 4.92 Å². The maximum Gasteiger partial charge on any atom is 0.324 e. The minimum Gasteiger partial charge on any atom is -0.273 e. The molecule has 0 aliphatic heterocycles. The number of thiophene rings is 1. The van der Waals surface area contributed by atoms with Gasteiger partial charge in [-0.05, 0) is 24.0 Å². The minimum absolute atomic E-state index is 0.0442. The van der Waals surface area contributed by atoms with Gasteiger partial charge >= 0.3 is 5.00 Å². The number of hydrogen-bond acceptors (Lipinski definition) is 5. The third kappa shape index (κ3) is 3.20. The zero-order valence-corrected chi connectivity index (χ0v) is 12.3. The molecule has 0 bridgehead atoms. The Morgan fingerprint density at radius 2 is 2.09 bits per heavy atom. The van der Waals surface area contributed by atoms with Gasteiger partial charge in [0.1, 0.15) is 0 Å². The average Bonchev–Trinajstić information content (AvgIpc) is 3.19. The lowest BCUT2D eigenvalue weighted by Gasteiger charge is -1.99. The summed E-state index contributed by atoms with van der Waals surface area (Å²) in [6.07, 6.45) is 2.26. The van der Waals surface area contributed by atoms with E-state index >= 15 is 0 Å². The van der Waals surface area contributed by atoms with Gasteiger partial charge in [0.05, 0.1) is 16.0 Å². The Labute approximate surface area is 130 Å². The van der Waals surface area contributed by atoms with Crippen LogP contribution in [-0.4, -0.2) is 17.0 Å². The summed E-state index contributed by atoms with van der Waals surface area (Å²) < 4.78 is 0. The highest BCUT2D eigenvalue weighted by molar-refractivity contribution is 7.16. The van der Waals surface area contributed by atoms with Crippen LogP contribution in [0.3, 0.4) is 0 Å². The van der Waals surface area contributed by atoms with Crippen LogP contribution < -0.4 is 5.43 Å². The van der Waals surface area contributed by atoms with Crippen LogP contribution in [0.2, 0.25) is 0 Å². The van der Waals surface area contributed by atoms with E-state index in [2.05, 4.69) is 10.5 Å². The second-order valence-corrected chi connectivity index (χ2v) is 6.12. The summed E-state index contributed by atoms with van der Waals surface area (Å²) in [5, 5.41) is 14.5. The second kappa shape index (κ2) is 6.07. The number of rotatable bonds is 5. The highest BCUT2D eigenvalue weighted by Gasteiger charge is 2.43. The molecule has 1 aliphatic carbocycles. The Balaban J connectivity index is 1.53. The molecule has 2 atom stereocenters. The van der Waals surface area contributed by atoms with E-state index in [9.17, 15) is 14.9 Å². The quantitative estimate of drug-likeness (QED) is 0.523. The van der Waals surface area contributed by atoms with Crippen LogP contribution >= 0.6 is 11.3 Å². The fourth-order valence-corrected chi connectivity index (χ4v) is 3.00. The van der Waals surface area contributed by atoms with Crippen molar-refractivity contribution in [2.75, 3.05) is 0 Å². The fraction of sp³-hybridized carbons (Fsp3) is 0.200. The van der Waals surface area contributed by atoms with Gasteiger partial charge in [-0.15, -0.1) is 0 Å². The molecule has 7 heteroatoms. The van der Waals surface area contributed by atoms with Crippen LogP contribution in [0.1, 0.15) is 22.8 Å². The van der Waals surface area contributed by atoms with E-state index in [0.717, 1.165) is 17.8 Å². The summed E-state index contributed by atoms with van der Waals surface area (Å²) in [4.78, 5) is 22.7. The Morgan fingerprint density at radius 3 is 2.77 bits per heavy atom. The second-order valence-electron chi connectivity index (χ2n) is 5.03. The fourth-order valence-electron chi connectivity index (χ4n) is 2.31. The van der Waals surface area contributed by atoms with Gasteiger partial charge in [0.25, 0.3) is 0 Å². The number of hydrazone groups is 1. The monoisotopic (exact) mass is 315 g/mol. The topological polar surface area (TPSA) is 84.6 Å². The Kier molecular flexibility index (Phi) is 3.97. The molecule has 1 heterocycles. The molecule has 112 valence electrons. The van der Waals surface area contributed by atoms with Crippen molar-refractivity contribution in [2.45, 2.75) is 12.3 Å². The van der Waals surface area contributed by atoms with Gasteiger partial charge in [0.2, 0.25) is 5.91 Å². The smallest absolute Gasteiger partial charge is 0.273 e. The molecule has 1 aromatic carbocycles. The number of nitrogens with one attached hydrogen (secondary N) is 1. The van der Waals surface area contributed by atoms with Crippen molar-refractivity contribution in [1.82, 2.24) is 5.43 Å². The van der Waals surface area contributed by atoms with E-state index in [4.69, 9.17) is 0 Å². The molecular weight excluding hydrogens is 302 g/mol. The summed E-state index contributed by atoms with van der Waals surface area (Å²) in [7, 11) is 0. The molecule has 0 saturated heterocycles. The number of nitro groups is 1. The summed E-state index contributed by atoms with van der Waals surface area (Å²) in [5.41, 5.74) is 3.67. The van der Waals surface area contributed by atoms with Crippen LogP contribution in [0.5, 0.6) is 0 Å². The molecule has 0 unspecified atom stereocenters. The van der Waals surface area contributed by atoms with E-state index in [1.54, 1.807) is 6.07 Å². The zero-order valence-electron chi connectivity index (χ0n) is 11.5. The molecule has 1 aliphatic rings. The van der Waals surface area contributed by atoms with Crippen molar-refractivity contribution in [3.05, 3.63) is 63.0 Å². The van der Waals surface area contributed by atoms with Crippen molar-refractivity contribution in [3.63, 3.8) is 0 Å². The largest absolute Gasteiger partial charge is 0.324 e. The molecule has 1 fully saturated rings. The molecule has 0 spiro atoms. The predicted octanol–water partition coefficient (Wildman–Crippen LogP) is 2.91. The standard InChI is InChI=1S/C15H13N3O3S/c19-15(13-8-12(13)10-4-2-1-3-5-10)17-16-9-11-6-7-14(22-11)18(20)21/h1-7,9,12-13H,8H2,(H,17,19)/b16-9-/t12-,13+/m1/s1. The normalized spacial score (nSPS) is 20.0. The van der Waals surface area contributed by atoms with Crippen molar-refractivity contribution in [3.8, 4) is 0 Å². The molecular formula is C15H13N3O3S. The maximum absolute atomic E-state index is 12.0. The molecule has 1 amide bonds. The first-order chi connectivity index (χ1) is 10.6. The number of carbonyl (C=O) groups is 1. The van der Waals surface area contributed by atoms with Gasteiger partial charge in [-0.3, -0.25) is 14.9 Å². The lowest BCUT2D eigenvalue weighted by molar-refractivity contribution is -0.380. The van der Waals surface area contributed by atoms with Gasteiger partial charge < -0.3 is 0 Å². The van der Waals surface area contributed by atoms with Crippen molar-refractivity contribution < 1.29 is 9.72 Å². The van der Waals surface area contributed by atoms with Gasteiger partial charge in [0, 0.05) is 12.0 Å². The van der Waals surface area contributed by atoms with Crippen molar-refractivity contribution in [1.29, 1.82) is 0 Å². The molecule has 3 rings (SSSR count). The van der Waals surface area contributed by atoms with Crippen molar-refractivity contribution in [2.24, 2.45) is 11.0 Å². The highest BCUT2D eigenvalue weighted by atomic mass is 32.1. The van der Waals surface area contributed by atoms with Crippen LogP contribution in [0.25, 0.3) is 0 Å². The number of nitrogens with zero attached hydrogens (tertiary/aromatic N) is 2. The number of hydrogen-bond donors (Lipinski definition) is 1. The molecule has 1 saturated carbocycles. The lowest BCUT2D eigenvalue weighted by atomic mass is 10.1. The van der Waals surface area contributed by atoms with Gasteiger partial charge in [-0.2, -0.15) is 5.10 Å². The lowest BCUT2D eigenvalue weighted by Crippen LogP contribution is -2.19. The van der Waals surface area contributed by atoms with E-state index in [0.29, 0.717) is 4.88 Å². The summed E-state index contributed by atoms with van der Waals surface area (Å²) in [6, 6.07) is 12.9. The number of carbonyl (C=O) groups excluding carboxylic acids is 1. The van der Waals surface area contributed by atoms with E-state index in [-0.39, 0.29) is 22.7 Å². The third-order valence-corrected chi connectivity index (χ3v) is 4.49. The number of amides is 1. The molecule has 0 radical (unpaired) electrons. The van der Waals surface area contributed by atoms with Crippen LogP contribution in [0.15, 0.2) is 47.6 Å². The van der Waals surface area contributed by atoms with E-state index in [1.165, 1.54) is 17.8 Å². The summed E-state index contributed by atoms with van der Waals surface area (Å²) in [5.74, 6) is 0.104. The molecule has 6 nitrogen and oxygen atoms in total. The van der Waals surface area contributed by atoms with Crippen LogP contribution in [-0.2, 0) is 4.79 Å². The maximum atomic E-state index is 12.0. The highest BCUT2D eigenvalue weighted by Crippen LogP contribution is 2.47. The minimum atomic E-state index is -0.449. The first-order valence-corrected chi connectivity index (χ1v) is 7.59. The molecule has 1 aromatic heterocycles. The first-order valence-electron chi connectivity index (χ1n) is 6.77. The Morgan fingerprint density at radius 1 is 1.32 bits per heavy atom. The van der Waals surface area contributed by atoms with Gasteiger partial charge in [-0.1, -0.05) is 41.7 Å². The summed E-state index contributed by atoms with van der Waals surface area (Å²) in [6.45, 7) is 0. The van der Waals surface area contributed by atoms with E-state index in [1.807, 2.05) is 30.3 Å². The average molecular weight is 315 g/mol. The Bertz CT molecular complexity index is 727. The van der Waals surface area contributed by atoms with Crippen LogP contribution in [0, 0.1) is 16.0 Å².